The van der Waals surface area contributed by atoms with Crippen LogP contribution in [0.25, 0.3) is 16.7 Å². The zero-order valence-electron chi connectivity index (χ0n) is 20.1. The number of nitrogens with zero attached hydrogens (tertiary/aromatic N) is 1. The molecule has 0 spiro atoms. The number of benzene rings is 3. The van der Waals surface area contributed by atoms with Gasteiger partial charge in [-0.2, -0.15) is 0 Å². The van der Waals surface area contributed by atoms with Crippen LogP contribution in [0, 0.1) is 6.92 Å². The second-order valence-electron chi connectivity index (χ2n) is 8.54. The molecule has 1 atom stereocenters. The number of aliphatic hydroxyl groups is 1. The molecular weight excluding hydrogens is 515 g/mol. The van der Waals surface area contributed by atoms with Crippen molar-refractivity contribution in [2.75, 3.05) is 19.1 Å². The Morgan fingerprint density at radius 1 is 0.973 bits per heavy atom. The number of aryl methyl sites for hydroxylation is 1. The third-order valence-electron chi connectivity index (χ3n) is 6.50. The summed E-state index contributed by atoms with van der Waals surface area (Å²) in [7, 11) is 2.88. The van der Waals surface area contributed by atoms with E-state index in [2.05, 4.69) is 4.98 Å². The summed E-state index contributed by atoms with van der Waals surface area (Å²) in [5.74, 6) is -1.47. The van der Waals surface area contributed by atoms with Gasteiger partial charge in [-0.1, -0.05) is 41.4 Å². The molecule has 2 N–H and O–H groups in total. The zero-order chi connectivity index (χ0) is 26.4. The Kier molecular flexibility index (Phi) is 6.35. The van der Waals surface area contributed by atoms with Crippen molar-refractivity contribution in [3.8, 4) is 11.5 Å². The number of aromatic nitrogens is 1. The van der Waals surface area contributed by atoms with E-state index in [0.29, 0.717) is 22.0 Å². The Morgan fingerprint density at radius 2 is 1.65 bits per heavy atom. The van der Waals surface area contributed by atoms with E-state index < -0.39 is 23.5 Å². The number of carbonyl (C=O) groups is 2. The number of rotatable bonds is 5. The van der Waals surface area contributed by atoms with Gasteiger partial charge < -0.3 is 19.6 Å². The quantitative estimate of drug-likeness (QED) is 0.174. The predicted molar refractivity (Wildman–Crippen MR) is 144 cm³/mol. The van der Waals surface area contributed by atoms with Crippen LogP contribution in [0.15, 0.2) is 66.2 Å². The molecule has 7 nitrogen and oxygen atoms in total. The number of carbonyl (C=O) groups excluding carboxylic acids is 2. The molecular formula is C28H22Cl2N2O5. The highest BCUT2D eigenvalue weighted by Crippen LogP contribution is 2.47. The number of anilines is 1. The normalized spacial score (nSPS) is 17.0. The number of amides is 1. The Morgan fingerprint density at radius 3 is 2.32 bits per heavy atom. The van der Waals surface area contributed by atoms with Gasteiger partial charge in [0.25, 0.3) is 11.7 Å². The van der Waals surface area contributed by atoms with Crippen LogP contribution in [0.5, 0.6) is 11.5 Å². The van der Waals surface area contributed by atoms with E-state index in [4.69, 9.17) is 32.7 Å². The number of H-pyrrole nitrogens is 1. The molecule has 0 aliphatic carbocycles. The average Bonchev–Trinajstić information content (AvgIpc) is 3.36. The number of methoxy groups -OCH3 is 2. The number of nitrogens with one attached hydrogen (secondary N) is 1. The van der Waals surface area contributed by atoms with Crippen molar-refractivity contribution < 1.29 is 24.2 Å². The number of para-hydroxylation sites is 1. The molecule has 0 bridgehead atoms. The fourth-order valence-corrected chi connectivity index (χ4v) is 5.18. The number of aromatic amines is 1. The fraction of sp³-hybridized carbons (Fsp3) is 0.143. The molecule has 1 unspecified atom stereocenters. The van der Waals surface area contributed by atoms with Gasteiger partial charge in [0.15, 0.2) is 0 Å². The minimum Gasteiger partial charge on any atom is -0.507 e. The lowest BCUT2D eigenvalue weighted by atomic mass is 9.93. The van der Waals surface area contributed by atoms with Crippen molar-refractivity contribution in [3.63, 3.8) is 0 Å². The number of hydrogen-bond acceptors (Lipinski definition) is 5. The third-order valence-corrected chi connectivity index (χ3v) is 7.04. The first-order valence-electron chi connectivity index (χ1n) is 11.3. The number of Topliss-reactive ketones (excluding diaryl/α,β-unsaturated/α-hetero) is 1. The Bertz CT molecular complexity index is 1590. The van der Waals surface area contributed by atoms with E-state index in [0.717, 1.165) is 16.6 Å². The molecule has 1 amide bonds. The van der Waals surface area contributed by atoms with E-state index in [9.17, 15) is 14.7 Å². The Labute approximate surface area is 222 Å². The van der Waals surface area contributed by atoms with Crippen molar-refractivity contribution in [1.82, 2.24) is 4.98 Å². The number of ether oxygens (including phenoxy) is 2. The summed E-state index contributed by atoms with van der Waals surface area (Å²) >= 11 is 12.5. The lowest BCUT2D eigenvalue weighted by Gasteiger charge is -2.26. The number of fused-ring (bicyclic) bond motifs is 1. The van der Waals surface area contributed by atoms with Crippen molar-refractivity contribution in [1.29, 1.82) is 0 Å². The van der Waals surface area contributed by atoms with Crippen LogP contribution in [0.4, 0.5) is 5.69 Å². The molecule has 188 valence electrons. The van der Waals surface area contributed by atoms with E-state index in [-0.39, 0.29) is 21.9 Å². The molecule has 37 heavy (non-hydrogen) atoms. The van der Waals surface area contributed by atoms with Crippen molar-refractivity contribution >= 4 is 57.2 Å². The molecule has 1 aliphatic heterocycles. The van der Waals surface area contributed by atoms with Gasteiger partial charge >= 0.3 is 0 Å². The zero-order valence-corrected chi connectivity index (χ0v) is 21.6. The summed E-state index contributed by atoms with van der Waals surface area (Å²) in [5, 5.41) is 13.1. The monoisotopic (exact) mass is 536 g/mol. The molecule has 1 aliphatic rings. The summed E-state index contributed by atoms with van der Waals surface area (Å²) in [5.41, 5.74) is 2.79. The van der Waals surface area contributed by atoms with Crippen LogP contribution in [-0.2, 0) is 9.59 Å². The van der Waals surface area contributed by atoms with E-state index in [1.54, 1.807) is 24.3 Å². The van der Waals surface area contributed by atoms with Crippen molar-refractivity contribution in [3.05, 3.63) is 93.1 Å². The van der Waals surface area contributed by atoms with Crippen LogP contribution in [0.3, 0.4) is 0 Å². The maximum absolute atomic E-state index is 13.6. The average molecular weight is 537 g/mol. The summed E-state index contributed by atoms with van der Waals surface area (Å²) in [4.78, 5) is 31.8. The fourth-order valence-electron chi connectivity index (χ4n) is 4.81. The number of ketones is 1. The molecule has 1 fully saturated rings. The van der Waals surface area contributed by atoms with Gasteiger partial charge in [-0.15, -0.1) is 0 Å². The maximum Gasteiger partial charge on any atom is 0.300 e. The Balaban J connectivity index is 1.83. The highest BCUT2D eigenvalue weighted by Gasteiger charge is 2.48. The topological polar surface area (TPSA) is 91.9 Å². The van der Waals surface area contributed by atoms with Crippen LogP contribution in [0.2, 0.25) is 10.0 Å². The van der Waals surface area contributed by atoms with E-state index in [1.165, 1.54) is 31.3 Å². The minimum absolute atomic E-state index is 0.0904. The highest BCUT2D eigenvalue weighted by atomic mass is 35.5. The molecule has 4 aromatic rings. The van der Waals surface area contributed by atoms with Gasteiger partial charge in [0, 0.05) is 38.9 Å². The van der Waals surface area contributed by atoms with Gasteiger partial charge in [-0.25, -0.2) is 0 Å². The largest absolute Gasteiger partial charge is 0.507 e. The molecule has 9 heteroatoms. The van der Waals surface area contributed by atoms with E-state index in [1.807, 2.05) is 31.2 Å². The minimum atomic E-state index is -0.942. The van der Waals surface area contributed by atoms with Crippen LogP contribution in [-0.4, -0.2) is 36.0 Å². The first-order chi connectivity index (χ1) is 17.8. The van der Waals surface area contributed by atoms with Gasteiger partial charge in [0.2, 0.25) is 0 Å². The smallest absolute Gasteiger partial charge is 0.300 e. The molecule has 0 saturated carbocycles. The summed E-state index contributed by atoms with van der Waals surface area (Å²) in [6.07, 6.45) is 0. The molecule has 2 heterocycles. The Hall–Kier alpha value is -3.94. The highest BCUT2D eigenvalue weighted by molar-refractivity contribution is 6.52. The molecule has 5 rings (SSSR count). The van der Waals surface area contributed by atoms with Gasteiger partial charge in [0.1, 0.15) is 17.3 Å². The standard InChI is InChI=1S/C28H22Cl2N2O5/c1-14-23(17-6-4-5-7-20(17)31-14)25-24(26(33)18-12-19(30)22(37-3)13-21(18)36-2)27(34)28(35)32(25)16-10-8-15(29)9-11-16/h4-13,25,31,33H,1-3H3/b26-24+. The van der Waals surface area contributed by atoms with Crippen molar-refractivity contribution in [2.24, 2.45) is 0 Å². The van der Waals surface area contributed by atoms with Crippen LogP contribution in [0.1, 0.15) is 22.9 Å². The lowest BCUT2D eigenvalue weighted by Crippen LogP contribution is -2.29. The van der Waals surface area contributed by atoms with Crippen LogP contribution < -0.4 is 14.4 Å². The lowest BCUT2D eigenvalue weighted by molar-refractivity contribution is -0.132. The summed E-state index contributed by atoms with van der Waals surface area (Å²) in [6, 6.07) is 16.2. The number of hydrogen-bond donors (Lipinski definition) is 2. The van der Waals surface area contributed by atoms with E-state index >= 15 is 0 Å². The SMILES string of the molecule is COc1cc(OC)c(/C(O)=C2\C(=O)C(=O)N(c3ccc(Cl)cc3)C2c2c(C)[nH]c3ccccc23)cc1Cl. The number of halogens is 2. The van der Waals surface area contributed by atoms with Gasteiger partial charge in [-0.05, 0) is 43.3 Å². The van der Waals surface area contributed by atoms with Crippen molar-refractivity contribution in [2.45, 2.75) is 13.0 Å². The predicted octanol–water partition coefficient (Wildman–Crippen LogP) is 6.43. The second kappa shape index (κ2) is 9.50. The molecule has 3 aromatic carbocycles. The second-order valence-corrected chi connectivity index (χ2v) is 9.39. The van der Waals surface area contributed by atoms with Crippen LogP contribution >= 0.6 is 23.2 Å². The summed E-state index contributed by atoms with van der Waals surface area (Å²) < 4.78 is 10.7. The molecule has 0 radical (unpaired) electrons. The molecule has 1 aromatic heterocycles. The molecule has 1 saturated heterocycles. The third kappa shape index (κ3) is 4.00. The number of aliphatic hydroxyl groups excluding tert-OH is 1. The summed E-state index contributed by atoms with van der Waals surface area (Å²) in [6.45, 7) is 1.86. The maximum atomic E-state index is 13.6. The first kappa shape index (κ1) is 24.7. The first-order valence-corrected chi connectivity index (χ1v) is 12.1. The van der Waals surface area contributed by atoms with Gasteiger partial charge in [-0.3, -0.25) is 14.5 Å². The van der Waals surface area contributed by atoms with Gasteiger partial charge in [0.05, 0.1) is 36.4 Å².